The number of rotatable bonds is 4. The minimum atomic E-state index is -2.87. The van der Waals surface area contributed by atoms with Crippen molar-refractivity contribution < 1.29 is 13.9 Å². The number of halogens is 2. The van der Waals surface area contributed by atoms with E-state index in [-0.39, 0.29) is 11.3 Å². The quantitative estimate of drug-likeness (QED) is 0.810. The SMILES string of the molecule is CC(F)(F)c1ccc(O)c(CCCN)c1. The molecule has 0 saturated carbocycles. The maximum Gasteiger partial charge on any atom is 0.270 e. The van der Waals surface area contributed by atoms with Gasteiger partial charge in [0, 0.05) is 12.5 Å². The summed E-state index contributed by atoms with van der Waals surface area (Å²) in [5.74, 6) is -2.82. The van der Waals surface area contributed by atoms with Gasteiger partial charge in [-0.15, -0.1) is 0 Å². The zero-order valence-electron chi connectivity index (χ0n) is 8.63. The van der Waals surface area contributed by atoms with Crippen LogP contribution < -0.4 is 5.73 Å². The summed E-state index contributed by atoms with van der Waals surface area (Å²) in [5, 5.41) is 9.44. The summed E-state index contributed by atoms with van der Waals surface area (Å²) in [6, 6.07) is 3.88. The Morgan fingerprint density at radius 2 is 2.07 bits per heavy atom. The molecule has 0 bridgehead atoms. The van der Waals surface area contributed by atoms with Gasteiger partial charge < -0.3 is 10.8 Å². The Morgan fingerprint density at radius 1 is 1.40 bits per heavy atom. The van der Waals surface area contributed by atoms with Crippen LogP contribution in [0, 0.1) is 0 Å². The van der Waals surface area contributed by atoms with Crippen LogP contribution in [0.3, 0.4) is 0 Å². The van der Waals surface area contributed by atoms with E-state index < -0.39 is 5.92 Å². The Morgan fingerprint density at radius 3 is 2.60 bits per heavy atom. The first-order chi connectivity index (χ1) is 6.95. The van der Waals surface area contributed by atoms with Gasteiger partial charge in [0.05, 0.1) is 0 Å². The fourth-order valence-electron chi connectivity index (χ4n) is 1.35. The van der Waals surface area contributed by atoms with Crippen LogP contribution in [0.2, 0.25) is 0 Å². The third-order valence-electron chi connectivity index (χ3n) is 2.24. The zero-order valence-corrected chi connectivity index (χ0v) is 8.63. The standard InChI is InChI=1S/C11H15F2NO/c1-11(12,13)9-4-5-10(15)8(7-9)3-2-6-14/h4-5,7,15H,2-3,6,14H2,1H3. The molecule has 1 aromatic rings. The van der Waals surface area contributed by atoms with Crippen molar-refractivity contribution in [3.8, 4) is 5.75 Å². The first kappa shape index (κ1) is 11.9. The molecule has 1 rings (SSSR count). The number of phenolic OH excluding ortho intramolecular Hbond substituents is 1. The molecular weight excluding hydrogens is 200 g/mol. The summed E-state index contributed by atoms with van der Waals surface area (Å²) < 4.78 is 26.0. The molecule has 0 radical (unpaired) electrons. The van der Waals surface area contributed by atoms with Crippen LogP contribution in [0.15, 0.2) is 18.2 Å². The zero-order chi connectivity index (χ0) is 11.5. The lowest BCUT2D eigenvalue weighted by Gasteiger charge is -2.13. The predicted octanol–water partition coefficient (Wildman–Crippen LogP) is 2.40. The average Bonchev–Trinajstić information content (AvgIpc) is 2.15. The normalized spacial score (nSPS) is 11.7. The molecule has 0 aliphatic rings. The van der Waals surface area contributed by atoms with Crippen molar-refractivity contribution in [2.24, 2.45) is 5.73 Å². The molecule has 0 amide bonds. The molecule has 84 valence electrons. The number of hydrogen-bond acceptors (Lipinski definition) is 2. The molecule has 0 aromatic heterocycles. The number of benzene rings is 1. The lowest BCUT2D eigenvalue weighted by Crippen LogP contribution is -2.08. The van der Waals surface area contributed by atoms with Gasteiger partial charge in [0.2, 0.25) is 0 Å². The van der Waals surface area contributed by atoms with Gasteiger partial charge >= 0.3 is 0 Å². The minimum absolute atomic E-state index is 0.0523. The molecule has 0 aliphatic carbocycles. The lowest BCUT2D eigenvalue weighted by molar-refractivity contribution is 0.0173. The number of aryl methyl sites for hydroxylation is 1. The molecule has 0 aliphatic heterocycles. The van der Waals surface area contributed by atoms with E-state index in [0.29, 0.717) is 24.9 Å². The Labute approximate surface area is 87.7 Å². The van der Waals surface area contributed by atoms with Gasteiger partial charge in [-0.3, -0.25) is 0 Å². The van der Waals surface area contributed by atoms with Crippen molar-refractivity contribution in [2.45, 2.75) is 25.7 Å². The lowest BCUT2D eigenvalue weighted by atomic mass is 10.0. The smallest absolute Gasteiger partial charge is 0.270 e. The second kappa shape index (κ2) is 4.57. The van der Waals surface area contributed by atoms with E-state index in [9.17, 15) is 13.9 Å². The Kier molecular flexibility index (Phi) is 3.63. The average molecular weight is 215 g/mol. The van der Waals surface area contributed by atoms with Gasteiger partial charge in [-0.25, -0.2) is 8.78 Å². The highest BCUT2D eigenvalue weighted by Crippen LogP contribution is 2.30. The first-order valence-electron chi connectivity index (χ1n) is 4.85. The van der Waals surface area contributed by atoms with E-state index in [4.69, 9.17) is 5.73 Å². The molecular formula is C11H15F2NO. The van der Waals surface area contributed by atoms with Crippen molar-refractivity contribution in [2.75, 3.05) is 6.54 Å². The van der Waals surface area contributed by atoms with Gasteiger partial charge in [0.25, 0.3) is 5.92 Å². The Hall–Kier alpha value is -1.16. The van der Waals surface area contributed by atoms with Crippen molar-refractivity contribution in [3.63, 3.8) is 0 Å². The molecule has 0 unspecified atom stereocenters. The highest BCUT2D eigenvalue weighted by molar-refractivity contribution is 5.37. The number of nitrogens with two attached hydrogens (primary N) is 1. The van der Waals surface area contributed by atoms with Crippen LogP contribution >= 0.6 is 0 Å². The highest BCUT2D eigenvalue weighted by atomic mass is 19.3. The number of phenols is 1. The van der Waals surface area contributed by atoms with Gasteiger partial charge in [-0.1, -0.05) is 0 Å². The molecule has 0 fully saturated rings. The third kappa shape index (κ3) is 3.16. The van der Waals surface area contributed by atoms with Crippen LogP contribution in [0.1, 0.15) is 24.5 Å². The summed E-state index contributed by atoms with van der Waals surface area (Å²) >= 11 is 0. The summed E-state index contributed by atoms with van der Waals surface area (Å²) in [4.78, 5) is 0. The Balaban J connectivity index is 2.95. The van der Waals surface area contributed by atoms with Crippen molar-refractivity contribution in [1.29, 1.82) is 0 Å². The fourth-order valence-corrected chi connectivity index (χ4v) is 1.35. The number of aromatic hydroxyl groups is 1. The summed E-state index contributed by atoms with van der Waals surface area (Å²) in [5.41, 5.74) is 5.77. The summed E-state index contributed by atoms with van der Waals surface area (Å²) in [6.45, 7) is 1.32. The molecule has 0 saturated heterocycles. The van der Waals surface area contributed by atoms with Crippen LogP contribution in [-0.2, 0) is 12.3 Å². The van der Waals surface area contributed by atoms with Crippen LogP contribution in [0.4, 0.5) is 8.78 Å². The summed E-state index contributed by atoms with van der Waals surface area (Å²) in [7, 11) is 0. The summed E-state index contributed by atoms with van der Waals surface area (Å²) in [6.07, 6.45) is 1.19. The van der Waals surface area contributed by atoms with Crippen LogP contribution in [-0.4, -0.2) is 11.7 Å². The number of alkyl halides is 2. The Bertz CT molecular complexity index is 334. The first-order valence-corrected chi connectivity index (χ1v) is 4.85. The molecule has 2 nitrogen and oxygen atoms in total. The molecule has 3 N–H and O–H groups in total. The van der Waals surface area contributed by atoms with E-state index in [1.165, 1.54) is 18.2 Å². The number of hydrogen-bond donors (Lipinski definition) is 2. The van der Waals surface area contributed by atoms with E-state index in [2.05, 4.69) is 0 Å². The second-order valence-electron chi connectivity index (χ2n) is 3.62. The van der Waals surface area contributed by atoms with E-state index >= 15 is 0 Å². The van der Waals surface area contributed by atoms with E-state index in [0.717, 1.165) is 6.92 Å². The topological polar surface area (TPSA) is 46.2 Å². The fraction of sp³-hybridized carbons (Fsp3) is 0.455. The predicted molar refractivity (Wildman–Crippen MR) is 55.1 cm³/mol. The van der Waals surface area contributed by atoms with E-state index in [1.807, 2.05) is 0 Å². The minimum Gasteiger partial charge on any atom is -0.508 e. The molecule has 15 heavy (non-hydrogen) atoms. The third-order valence-corrected chi connectivity index (χ3v) is 2.24. The van der Waals surface area contributed by atoms with Crippen molar-refractivity contribution in [1.82, 2.24) is 0 Å². The maximum absolute atomic E-state index is 13.0. The van der Waals surface area contributed by atoms with Crippen molar-refractivity contribution >= 4 is 0 Å². The second-order valence-corrected chi connectivity index (χ2v) is 3.62. The molecule has 4 heteroatoms. The van der Waals surface area contributed by atoms with Crippen molar-refractivity contribution in [3.05, 3.63) is 29.3 Å². The monoisotopic (exact) mass is 215 g/mol. The van der Waals surface area contributed by atoms with Gasteiger partial charge in [-0.2, -0.15) is 0 Å². The van der Waals surface area contributed by atoms with Gasteiger partial charge in [0.1, 0.15) is 5.75 Å². The van der Waals surface area contributed by atoms with Gasteiger partial charge in [0.15, 0.2) is 0 Å². The molecule has 0 spiro atoms. The van der Waals surface area contributed by atoms with Crippen LogP contribution in [0.5, 0.6) is 5.75 Å². The molecule has 1 aromatic carbocycles. The highest BCUT2D eigenvalue weighted by Gasteiger charge is 2.24. The molecule has 0 atom stereocenters. The van der Waals surface area contributed by atoms with Crippen LogP contribution in [0.25, 0.3) is 0 Å². The maximum atomic E-state index is 13.0. The molecule has 0 heterocycles. The largest absolute Gasteiger partial charge is 0.508 e. The van der Waals surface area contributed by atoms with E-state index in [1.54, 1.807) is 0 Å². The van der Waals surface area contributed by atoms with Gasteiger partial charge in [-0.05, 0) is 43.1 Å².